The van der Waals surface area contributed by atoms with Crippen LogP contribution in [0.3, 0.4) is 0 Å². The number of hydrogen-bond acceptors (Lipinski definition) is 1. The number of likely N-dealkylation sites (tertiary alicyclic amines) is 1. The Bertz CT molecular complexity index is 569. The van der Waals surface area contributed by atoms with Gasteiger partial charge in [-0.15, -0.1) is 0 Å². The van der Waals surface area contributed by atoms with Gasteiger partial charge in [-0.2, -0.15) is 0 Å². The summed E-state index contributed by atoms with van der Waals surface area (Å²) in [5, 5.41) is 2.48. The number of fused-ring (bicyclic) bond motifs is 1. The summed E-state index contributed by atoms with van der Waals surface area (Å²) in [6, 6.07) is 14.7. The smallest absolute Gasteiger partial charge is 0.127 e. The van der Waals surface area contributed by atoms with Crippen LogP contribution >= 0.6 is 0 Å². The molecular formula is C20H28NO+. The summed E-state index contributed by atoms with van der Waals surface area (Å²) in [7, 11) is 0. The van der Waals surface area contributed by atoms with Gasteiger partial charge in [0, 0.05) is 18.2 Å². The number of benzene rings is 2. The predicted octanol–water partition coefficient (Wildman–Crippen LogP) is 3.46. The molecule has 2 nitrogen and oxygen atoms in total. The molecule has 3 rings (SSSR count). The van der Waals surface area contributed by atoms with Crippen LogP contribution in [0.5, 0.6) is 5.75 Å². The molecule has 0 radical (unpaired) electrons. The van der Waals surface area contributed by atoms with Crippen molar-refractivity contribution < 1.29 is 9.64 Å². The standard InChI is InChI=1S/C20H27NO/c1(5-14-21-15-6-7-16-21)2-8-17-22-20-13-9-11-18-10-3-4-12-19(18)20/h3-4,9-13H,1-2,5-8,14-17H2/p+1. The Labute approximate surface area is 134 Å². The predicted molar refractivity (Wildman–Crippen MR) is 92.7 cm³/mol. The Morgan fingerprint density at radius 1 is 0.818 bits per heavy atom. The topological polar surface area (TPSA) is 13.7 Å². The number of hydrogen-bond donors (Lipinski definition) is 1. The first-order valence-electron chi connectivity index (χ1n) is 8.87. The highest BCUT2D eigenvalue weighted by Crippen LogP contribution is 2.25. The van der Waals surface area contributed by atoms with E-state index in [1.165, 1.54) is 68.9 Å². The molecule has 22 heavy (non-hydrogen) atoms. The van der Waals surface area contributed by atoms with Crippen molar-refractivity contribution in [2.75, 3.05) is 26.2 Å². The molecule has 0 spiro atoms. The Morgan fingerprint density at radius 3 is 2.50 bits per heavy atom. The van der Waals surface area contributed by atoms with Gasteiger partial charge in [0.1, 0.15) is 5.75 Å². The second-order valence-corrected chi connectivity index (χ2v) is 6.45. The molecule has 1 heterocycles. The number of rotatable bonds is 8. The van der Waals surface area contributed by atoms with Crippen LogP contribution < -0.4 is 9.64 Å². The summed E-state index contributed by atoms with van der Waals surface area (Å²) in [5.41, 5.74) is 0. The van der Waals surface area contributed by atoms with Gasteiger partial charge in [0.15, 0.2) is 0 Å². The lowest BCUT2D eigenvalue weighted by molar-refractivity contribution is -0.887. The third-order valence-electron chi connectivity index (χ3n) is 4.74. The first kappa shape index (κ1) is 15.4. The Hall–Kier alpha value is -1.54. The molecule has 2 aromatic rings. The van der Waals surface area contributed by atoms with E-state index >= 15 is 0 Å². The highest BCUT2D eigenvalue weighted by molar-refractivity contribution is 5.88. The Kier molecular flexibility index (Phi) is 5.72. The molecule has 2 heteroatoms. The summed E-state index contributed by atoms with van der Waals surface area (Å²) in [6.07, 6.45) is 8.06. The Balaban J connectivity index is 1.34. The highest BCUT2D eigenvalue weighted by atomic mass is 16.5. The second-order valence-electron chi connectivity index (χ2n) is 6.45. The van der Waals surface area contributed by atoms with Gasteiger partial charge in [-0.25, -0.2) is 0 Å². The van der Waals surface area contributed by atoms with Crippen molar-refractivity contribution >= 4 is 10.8 Å². The van der Waals surface area contributed by atoms with Crippen LogP contribution in [0.2, 0.25) is 0 Å². The average molecular weight is 298 g/mol. The van der Waals surface area contributed by atoms with E-state index in [2.05, 4.69) is 42.5 Å². The summed E-state index contributed by atoms with van der Waals surface area (Å²) in [6.45, 7) is 5.03. The molecule has 1 aliphatic rings. The minimum atomic E-state index is 0.838. The fraction of sp³-hybridized carbons (Fsp3) is 0.500. The lowest BCUT2D eigenvalue weighted by atomic mass is 10.1. The number of ether oxygens (including phenoxy) is 1. The molecule has 0 aromatic heterocycles. The van der Waals surface area contributed by atoms with Crippen LogP contribution in [0, 0.1) is 0 Å². The summed E-state index contributed by atoms with van der Waals surface area (Å²) in [5.74, 6) is 1.03. The zero-order chi connectivity index (χ0) is 15.0. The quantitative estimate of drug-likeness (QED) is 0.737. The third kappa shape index (κ3) is 4.23. The van der Waals surface area contributed by atoms with Crippen molar-refractivity contribution in [3.63, 3.8) is 0 Å². The van der Waals surface area contributed by atoms with Crippen LogP contribution in [0.15, 0.2) is 42.5 Å². The lowest BCUT2D eigenvalue weighted by Gasteiger charge is -2.12. The van der Waals surface area contributed by atoms with Gasteiger partial charge < -0.3 is 9.64 Å². The summed E-state index contributed by atoms with van der Waals surface area (Å²) >= 11 is 0. The number of nitrogens with one attached hydrogen (secondary N) is 1. The summed E-state index contributed by atoms with van der Waals surface area (Å²) in [4.78, 5) is 1.83. The normalized spacial score (nSPS) is 15.5. The number of quaternary nitrogens is 1. The second kappa shape index (κ2) is 8.19. The van der Waals surface area contributed by atoms with E-state index in [0.29, 0.717) is 0 Å². The van der Waals surface area contributed by atoms with Gasteiger partial charge in [-0.3, -0.25) is 0 Å². The number of unbranched alkanes of at least 4 members (excludes halogenated alkanes) is 3. The van der Waals surface area contributed by atoms with Crippen LogP contribution in [0.25, 0.3) is 10.8 Å². The minimum Gasteiger partial charge on any atom is -0.493 e. The average Bonchev–Trinajstić information content (AvgIpc) is 3.07. The first-order chi connectivity index (χ1) is 10.9. The van der Waals surface area contributed by atoms with E-state index < -0.39 is 0 Å². The monoisotopic (exact) mass is 298 g/mol. The zero-order valence-electron chi connectivity index (χ0n) is 13.5. The molecule has 0 bridgehead atoms. The van der Waals surface area contributed by atoms with Crippen molar-refractivity contribution in [2.45, 2.75) is 38.5 Å². The fourth-order valence-corrected chi connectivity index (χ4v) is 3.46. The molecule has 0 atom stereocenters. The van der Waals surface area contributed by atoms with Gasteiger partial charge in [-0.1, -0.05) is 36.4 Å². The van der Waals surface area contributed by atoms with Gasteiger partial charge in [0.05, 0.1) is 26.2 Å². The van der Waals surface area contributed by atoms with E-state index in [4.69, 9.17) is 4.74 Å². The van der Waals surface area contributed by atoms with Gasteiger partial charge >= 0.3 is 0 Å². The molecule has 0 saturated carbocycles. The van der Waals surface area contributed by atoms with Gasteiger partial charge in [0.25, 0.3) is 0 Å². The molecule has 1 N–H and O–H groups in total. The van der Waals surface area contributed by atoms with Crippen molar-refractivity contribution in [3.05, 3.63) is 42.5 Å². The van der Waals surface area contributed by atoms with Gasteiger partial charge in [0.2, 0.25) is 0 Å². The molecule has 2 aromatic carbocycles. The van der Waals surface area contributed by atoms with E-state index in [0.717, 1.165) is 12.4 Å². The maximum Gasteiger partial charge on any atom is 0.127 e. The highest BCUT2D eigenvalue weighted by Gasteiger charge is 2.13. The van der Waals surface area contributed by atoms with E-state index in [1.807, 2.05) is 4.90 Å². The van der Waals surface area contributed by atoms with Crippen LogP contribution in [-0.2, 0) is 0 Å². The van der Waals surface area contributed by atoms with Gasteiger partial charge in [-0.05, 0) is 37.1 Å². The van der Waals surface area contributed by atoms with E-state index in [9.17, 15) is 0 Å². The zero-order valence-corrected chi connectivity index (χ0v) is 13.5. The van der Waals surface area contributed by atoms with Crippen molar-refractivity contribution in [2.24, 2.45) is 0 Å². The molecule has 0 unspecified atom stereocenters. The Morgan fingerprint density at radius 2 is 1.59 bits per heavy atom. The largest absolute Gasteiger partial charge is 0.493 e. The van der Waals surface area contributed by atoms with Crippen molar-refractivity contribution in [1.82, 2.24) is 0 Å². The molecule has 118 valence electrons. The lowest BCUT2D eigenvalue weighted by Crippen LogP contribution is -3.09. The minimum absolute atomic E-state index is 0.838. The molecule has 1 aliphatic heterocycles. The van der Waals surface area contributed by atoms with Crippen LogP contribution in [0.4, 0.5) is 0 Å². The molecular weight excluding hydrogens is 270 g/mol. The first-order valence-corrected chi connectivity index (χ1v) is 8.87. The third-order valence-corrected chi connectivity index (χ3v) is 4.74. The molecule has 1 fully saturated rings. The van der Waals surface area contributed by atoms with Crippen molar-refractivity contribution in [1.29, 1.82) is 0 Å². The van der Waals surface area contributed by atoms with E-state index in [1.54, 1.807) is 0 Å². The maximum absolute atomic E-state index is 5.99. The molecule has 1 saturated heterocycles. The van der Waals surface area contributed by atoms with E-state index in [-0.39, 0.29) is 0 Å². The van der Waals surface area contributed by atoms with Crippen LogP contribution in [-0.4, -0.2) is 26.2 Å². The molecule has 0 aliphatic carbocycles. The fourth-order valence-electron chi connectivity index (χ4n) is 3.46. The van der Waals surface area contributed by atoms with Crippen molar-refractivity contribution in [3.8, 4) is 5.75 Å². The molecule has 0 amide bonds. The van der Waals surface area contributed by atoms with Crippen LogP contribution in [0.1, 0.15) is 38.5 Å². The maximum atomic E-state index is 5.99. The summed E-state index contributed by atoms with van der Waals surface area (Å²) < 4.78 is 5.99. The SMILES string of the molecule is c1ccc2c(OCCCCCC[NH+]3CCCC3)cccc2c1.